The second kappa shape index (κ2) is 12.2. The number of pyridine rings is 1. The number of rotatable bonds is 7. The summed E-state index contributed by atoms with van der Waals surface area (Å²) in [7, 11) is 0. The number of carboxylic acids is 1. The number of aryl methyl sites for hydroxylation is 1. The Kier molecular flexibility index (Phi) is 9.19. The van der Waals surface area contributed by atoms with Crippen molar-refractivity contribution in [2.24, 2.45) is 5.73 Å². The lowest BCUT2D eigenvalue weighted by Crippen LogP contribution is -2.27. The van der Waals surface area contributed by atoms with Crippen molar-refractivity contribution in [2.75, 3.05) is 6.54 Å². The summed E-state index contributed by atoms with van der Waals surface area (Å²) < 4.78 is 62.5. The molecular formula is C24H22F5N5O4S. The van der Waals surface area contributed by atoms with Crippen molar-refractivity contribution in [3.8, 4) is 11.1 Å². The summed E-state index contributed by atoms with van der Waals surface area (Å²) in [5.41, 5.74) is 6.43. The number of halogens is 5. The zero-order valence-electron chi connectivity index (χ0n) is 20.3. The van der Waals surface area contributed by atoms with Gasteiger partial charge >= 0.3 is 17.8 Å². The van der Waals surface area contributed by atoms with Crippen LogP contribution in [-0.2, 0) is 24.4 Å². The van der Waals surface area contributed by atoms with E-state index in [1.54, 1.807) is 28.0 Å². The van der Waals surface area contributed by atoms with Gasteiger partial charge in [0, 0.05) is 40.5 Å². The van der Waals surface area contributed by atoms with Gasteiger partial charge in [-0.3, -0.25) is 9.36 Å². The first-order chi connectivity index (χ1) is 18.3. The summed E-state index contributed by atoms with van der Waals surface area (Å²) >= 11 is 1.55. The van der Waals surface area contributed by atoms with Crippen molar-refractivity contribution in [1.29, 1.82) is 0 Å². The van der Waals surface area contributed by atoms with E-state index in [0.29, 0.717) is 6.54 Å². The highest BCUT2D eigenvalue weighted by Gasteiger charge is 2.38. The molecule has 4 rings (SSSR count). The molecule has 0 aliphatic carbocycles. The molecule has 0 spiro atoms. The minimum absolute atomic E-state index is 0.0375. The molecule has 1 aromatic carbocycles. The van der Waals surface area contributed by atoms with Crippen molar-refractivity contribution < 1.29 is 31.9 Å². The third-order valence-corrected chi connectivity index (χ3v) is 6.55. The van der Waals surface area contributed by atoms with E-state index in [1.807, 2.05) is 37.4 Å². The standard InChI is InChI=1S/C22H21F2N5O2S.C2HF3O2/c1-2-27-10-15(4-6-20(27)30)14-3-5-19-16(7-14)8-18(32-19)12-28-13-26-29(22(28)31)11-17(9-25)21(23)24;3-2(4,5)1(6)7/h3-8,10,13H,2,9,11-12,25H2,1H3;(H,6,7). The van der Waals surface area contributed by atoms with E-state index in [4.69, 9.17) is 15.6 Å². The first-order valence-electron chi connectivity index (χ1n) is 11.2. The number of nitrogens with two attached hydrogens (primary N) is 1. The first-order valence-corrected chi connectivity index (χ1v) is 12.0. The minimum Gasteiger partial charge on any atom is -0.475 e. The SMILES string of the molecule is CCn1cc(-c2ccc3sc(Cn4cnn(CC(CN)=C(F)F)c4=O)cc3c2)ccc1=O.O=C(O)C(F)(F)F. The Labute approximate surface area is 220 Å². The molecule has 3 aromatic heterocycles. The highest BCUT2D eigenvalue weighted by atomic mass is 32.1. The van der Waals surface area contributed by atoms with E-state index in [2.05, 4.69) is 5.10 Å². The Morgan fingerprint density at radius 3 is 2.33 bits per heavy atom. The summed E-state index contributed by atoms with van der Waals surface area (Å²) in [5.74, 6) is -2.76. The van der Waals surface area contributed by atoms with Crippen LogP contribution in [0.15, 0.2) is 70.2 Å². The monoisotopic (exact) mass is 571 g/mol. The van der Waals surface area contributed by atoms with Gasteiger partial charge in [0.1, 0.15) is 6.33 Å². The van der Waals surface area contributed by atoms with Gasteiger partial charge in [0.2, 0.25) is 0 Å². The van der Waals surface area contributed by atoms with Gasteiger partial charge in [-0.2, -0.15) is 27.1 Å². The molecule has 3 heterocycles. The summed E-state index contributed by atoms with van der Waals surface area (Å²) in [6.45, 7) is 2.13. The number of hydrogen-bond acceptors (Lipinski definition) is 6. The number of alkyl halides is 3. The van der Waals surface area contributed by atoms with E-state index in [-0.39, 0.29) is 30.8 Å². The fourth-order valence-corrected chi connectivity index (χ4v) is 4.49. The number of carboxylic acid groups (broad SMARTS) is 1. The summed E-state index contributed by atoms with van der Waals surface area (Å²) in [6, 6.07) is 11.4. The lowest BCUT2D eigenvalue weighted by molar-refractivity contribution is -0.192. The lowest BCUT2D eigenvalue weighted by Gasteiger charge is -2.06. The molecule has 0 aliphatic heterocycles. The Bertz CT molecular complexity index is 1630. The van der Waals surface area contributed by atoms with Gasteiger partial charge < -0.3 is 15.4 Å². The number of hydrogen-bond donors (Lipinski definition) is 2. The van der Waals surface area contributed by atoms with Crippen LogP contribution in [-0.4, -0.2) is 42.7 Å². The molecule has 0 aliphatic rings. The maximum Gasteiger partial charge on any atom is 0.490 e. The highest BCUT2D eigenvalue weighted by Crippen LogP contribution is 2.30. The van der Waals surface area contributed by atoms with Gasteiger partial charge in [0.15, 0.2) is 0 Å². The molecule has 0 saturated heterocycles. The van der Waals surface area contributed by atoms with Crippen LogP contribution in [0.1, 0.15) is 11.8 Å². The third kappa shape index (κ3) is 7.26. The van der Waals surface area contributed by atoms with Gasteiger partial charge in [-0.15, -0.1) is 11.3 Å². The van der Waals surface area contributed by atoms with Crippen molar-refractivity contribution in [2.45, 2.75) is 32.7 Å². The third-order valence-electron chi connectivity index (χ3n) is 5.44. The number of aromatic nitrogens is 4. The number of nitrogens with zero attached hydrogens (tertiary/aromatic N) is 4. The van der Waals surface area contributed by atoms with Crippen LogP contribution in [0.3, 0.4) is 0 Å². The Morgan fingerprint density at radius 1 is 1.08 bits per heavy atom. The van der Waals surface area contributed by atoms with E-state index in [1.165, 1.54) is 10.9 Å². The van der Waals surface area contributed by atoms with E-state index >= 15 is 0 Å². The lowest BCUT2D eigenvalue weighted by atomic mass is 10.1. The van der Waals surface area contributed by atoms with Gasteiger partial charge in [-0.1, -0.05) is 6.07 Å². The fourth-order valence-electron chi connectivity index (χ4n) is 3.44. The molecule has 0 unspecified atom stereocenters. The molecule has 0 saturated carbocycles. The normalized spacial score (nSPS) is 11.3. The van der Waals surface area contributed by atoms with Crippen LogP contribution < -0.4 is 17.0 Å². The van der Waals surface area contributed by atoms with Crippen LogP contribution in [0.25, 0.3) is 21.2 Å². The predicted molar refractivity (Wildman–Crippen MR) is 135 cm³/mol. The van der Waals surface area contributed by atoms with Gasteiger partial charge in [0.05, 0.1) is 13.1 Å². The maximum atomic E-state index is 12.8. The number of fused-ring (bicyclic) bond motifs is 1. The number of thiophene rings is 1. The zero-order chi connectivity index (χ0) is 28.9. The molecule has 208 valence electrons. The Hall–Kier alpha value is -4.11. The van der Waals surface area contributed by atoms with Crippen LogP contribution in [0, 0.1) is 0 Å². The second-order valence-corrected chi connectivity index (χ2v) is 9.25. The number of aliphatic carboxylic acids is 1. The van der Waals surface area contributed by atoms with E-state index < -0.39 is 23.9 Å². The van der Waals surface area contributed by atoms with Gasteiger partial charge in [-0.05, 0) is 47.7 Å². The average molecular weight is 572 g/mol. The largest absolute Gasteiger partial charge is 0.490 e. The molecule has 15 heteroatoms. The molecule has 0 bridgehead atoms. The zero-order valence-corrected chi connectivity index (χ0v) is 21.1. The molecule has 0 fully saturated rings. The molecule has 0 radical (unpaired) electrons. The number of carbonyl (C=O) groups is 1. The molecule has 4 aromatic rings. The second-order valence-electron chi connectivity index (χ2n) is 8.08. The minimum atomic E-state index is -5.08. The van der Waals surface area contributed by atoms with Crippen molar-refractivity contribution in [3.63, 3.8) is 0 Å². The summed E-state index contributed by atoms with van der Waals surface area (Å²) in [6.07, 6.45) is -3.78. The molecule has 39 heavy (non-hydrogen) atoms. The van der Waals surface area contributed by atoms with Crippen LogP contribution in [0.4, 0.5) is 22.0 Å². The van der Waals surface area contributed by atoms with E-state index in [9.17, 15) is 31.5 Å². The van der Waals surface area contributed by atoms with Crippen molar-refractivity contribution >= 4 is 27.4 Å². The molecule has 9 nitrogen and oxygen atoms in total. The smallest absolute Gasteiger partial charge is 0.475 e. The Balaban J connectivity index is 0.000000532. The highest BCUT2D eigenvalue weighted by molar-refractivity contribution is 7.19. The summed E-state index contributed by atoms with van der Waals surface area (Å²) in [4.78, 5) is 34.2. The number of benzene rings is 1. The Morgan fingerprint density at radius 2 is 1.74 bits per heavy atom. The van der Waals surface area contributed by atoms with Crippen LogP contribution >= 0.6 is 11.3 Å². The maximum absolute atomic E-state index is 12.8. The van der Waals surface area contributed by atoms with Gasteiger partial charge in [0.25, 0.3) is 11.6 Å². The van der Waals surface area contributed by atoms with Crippen molar-refractivity contribution in [1.82, 2.24) is 18.9 Å². The predicted octanol–water partition coefficient (Wildman–Crippen LogP) is 3.90. The first kappa shape index (κ1) is 29.4. The molecule has 0 amide bonds. The van der Waals surface area contributed by atoms with E-state index in [0.717, 1.165) is 30.8 Å². The van der Waals surface area contributed by atoms with Crippen LogP contribution in [0.5, 0.6) is 0 Å². The summed E-state index contributed by atoms with van der Waals surface area (Å²) in [5, 5.41) is 12.1. The molecule has 0 atom stereocenters. The van der Waals surface area contributed by atoms with Crippen LogP contribution in [0.2, 0.25) is 0 Å². The average Bonchev–Trinajstić information content (AvgIpc) is 3.44. The molecular weight excluding hydrogens is 549 g/mol. The van der Waals surface area contributed by atoms with Gasteiger partial charge in [-0.25, -0.2) is 14.3 Å². The molecule has 3 N–H and O–H groups in total. The fraction of sp³-hybridized carbons (Fsp3) is 0.250. The topological polar surface area (TPSA) is 125 Å². The van der Waals surface area contributed by atoms with Crippen molar-refractivity contribution in [3.05, 3.63) is 86.3 Å². The quantitative estimate of drug-likeness (QED) is 0.324.